The average molecular weight is 292 g/mol. The van der Waals surface area contributed by atoms with Crippen molar-refractivity contribution in [2.24, 2.45) is 10.9 Å². The molecule has 1 aromatic heterocycles. The molecule has 2 aromatic rings. The lowest BCUT2D eigenvalue weighted by molar-refractivity contribution is -0.0162. The van der Waals surface area contributed by atoms with Crippen molar-refractivity contribution >= 4 is 16.8 Å². The molecule has 3 N–H and O–H groups in total. The zero-order valence-corrected chi connectivity index (χ0v) is 12.4. The summed E-state index contributed by atoms with van der Waals surface area (Å²) in [5.74, 6) is 0.547. The third kappa shape index (κ3) is 3.66. The summed E-state index contributed by atoms with van der Waals surface area (Å²) < 4.78 is 16.9. The van der Waals surface area contributed by atoms with Crippen molar-refractivity contribution in [2.75, 3.05) is 13.2 Å². The zero-order valence-electron chi connectivity index (χ0n) is 12.4. The first kappa shape index (κ1) is 15.2. The molecule has 0 amide bonds. The van der Waals surface area contributed by atoms with Gasteiger partial charge in [0.1, 0.15) is 12.2 Å². The van der Waals surface area contributed by atoms with E-state index in [1.807, 2.05) is 39.0 Å². The molecule has 0 spiro atoms. The molecule has 0 aliphatic heterocycles. The zero-order chi connectivity index (χ0) is 15.5. The molecule has 0 bridgehead atoms. The van der Waals surface area contributed by atoms with Crippen LogP contribution in [0.2, 0.25) is 0 Å². The van der Waals surface area contributed by atoms with E-state index in [1.165, 1.54) is 0 Å². The summed E-state index contributed by atoms with van der Waals surface area (Å²) in [5.41, 5.74) is 6.02. The molecule has 6 nitrogen and oxygen atoms in total. The third-order valence-electron chi connectivity index (χ3n) is 2.76. The van der Waals surface area contributed by atoms with Crippen LogP contribution in [0.25, 0.3) is 11.0 Å². The highest BCUT2D eigenvalue weighted by molar-refractivity contribution is 6.03. The van der Waals surface area contributed by atoms with E-state index in [4.69, 9.17) is 24.8 Å². The van der Waals surface area contributed by atoms with Crippen molar-refractivity contribution < 1.29 is 19.1 Å². The van der Waals surface area contributed by atoms with Crippen molar-refractivity contribution in [3.63, 3.8) is 0 Å². The minimum atomic E-state index is -0.226. The maximum atomic E-state index is 8.84. The summed E-state index contributed by atoms with van der Waals surface area (Å²) in [5, 5.41) is 12.6. The molecule has 0 saturated heterocycles. The van der Waals surface area contributed by atoms with Gasteiger partial charge in [-0.1, -0.05) is 17.3 Å². The van der Waals surface area contributed by atoms with Crippen LogP contribution in [0.15, 0.2) is 33.8 Å². The Hall–Kier alpha value is -2.21. The molecule has 1 aromatic carbocycles. The van der Waals surface area contributed by atoms with Crippen molar-refractivity contribution in [1.82, 2.24) is 0 Å². The monoisotopic (exact) mass is 292 g/mol. The first-order chi connectivity index (χ1) is 9.92. The summed E-state index contributed by atoms with van der Waals surface area (Å²) in [6.45, 7) is 6.69. The van der Waals surface area contributed by atoms with E-state index in [0.717, 1.165) is 5.39 Å². The van der Waals surface area contributed by atoms with Gasteiger partial charge in [0.05, 0.1) is 17.6 Å². The molecule has 0 unspecified atom stereocenters. The fourth-order valence-corrected chi connectivity index (χ4v) is 1.87. The molecular formula is C15H20N2O4. The van der Waals surface area contributed by atoms with E-state index < -0.39 is 0 Å². The largest absolute Gasteiger partial charge is 0.486 e. The van der Waals surface area contributed by atoms with Gasteiger partial charge < -0.3 is 24.8 Å². The standard InChI is InChI=1S/C15H20N2O4/c1-15(2,3)20-9-8-19-12-10-6-4-5-7-11(10)21-13(12)14(16)17-18/h4-7,18H,8-9H2,1-3H3,(H2,16,17). The lowest BCUT2D eigenvalue weighted by atomic mass is 10.2. The molecular weight excluding hydrogens is 272 g/mol. The van der Waals surface area contributed by atoms with Gasteiger partial charge >= 0.3 is 0 Å². The molecule has 0 fully saturated rings. The molecule has 21 heavy (non-hydrogen) atoms. The maximum absolute atomic E-state index is 8.84. The summed E-state index contributed by atoms with van der Waals surface area (Å²) in [6.07, 6.45) is 0. The summed E-state index contributed by atoms with van der Waals surface area (Å²) in [4.78, 5) is 0. The van der Waals surface area contributed by atoms with Gasteiger partial charge in [-0.05, 0) is 32.9 Å². The van der Waals surface area contributed by atoms with Crippen molar-refractivity contribution in [3.8, 4) is 5.75 Å². The first-order valence-electron chi connectivity index (χ1n) is 6.68. The van der Waals surface area contributed by atoms with Crippen molar-refractivity contribution in [2.45, 2.75) is 26.4 Å². The van der Waals surface area contributed by atoms with Crippen LogP contribution in [0.3, 0.4) is 0 Å². The quantitative estimate of drug-likeness (QED) is 0.291. The Kier molecular flexibility index (Phi) is 4.37. The number of nitrogens with two attached hydrogens (primary N) is 1. The Morgan fingerprint density at radius 1 is 1.29 bits per heavy atom. The number of fused-ring (bicyclic) bond motifs is 1. The predicted molar refractivity (Wildman–Crippen MR) is 79.9 cm³/mol. The van der Waals surface area contributed by atoms with Crippen LogP contribution in [0.5, 0.6) is 5.75 Å². The second kappa shape index (κ2) is 6.05. The van der Waals surface area contributed by atoms with Gasteiger partial charge in [0.25, 0.3) is 0 Å². The van der Waals surface area contributed by atoms with Crippen LogP contribution in [0.1, 0.15) is 26.5 Å². The second-order valence-electron chi connectivity index (χ2n) is 5.55. The van der Waals surface area contributed by atoms with E-state index in [-0.39, 0.29) is 17.2 Å². The van der Waals surface area contributed by atoms with Gasteiger partial charge in [-0.15, -0.1) is 0 Å². The summed E-state index contributed by atoms with van der Waals surface area (Å²) >= 11 is 0. The van der Waals surface area contributed by atoms with Crippen molar-refractivity contribution in [1.29, 1.82) is 0 Å². The molecule has 0 saturated carbocycles. The topological polar surface area (TPSA) is 90.2 Å². The maximum Gasteiger partial charge on any atom is 0.215 e. The number of amidine groups is 1. The van der Waals surface area contributed by atoms with Gasteiger partial charge in [-0.2, -0.15) is 0 Å². The van der Waals surface area contributed by atoms with Crippen LogP contribution in [0.4, 0.5) is 0 Å². The highest BCUT2D eigenvalue weighted by atomic mass is 16.5. The number of hydrogen-bond donors (Lipinski definition) is 2. The third-order valence-corrected chi connectivity index (χ3v) is 2.76. The minimum absolute atomic E-state index is 0.127. The van der Waals surface area contributed by atoms with E-state index in [1.54, 1.807) is 6.07 Å². The molecule has 0 aliphatic rings. The molecule has 0 atom stereocenters. The Morgan fingerprint density at radius 2 is 2.00 bits per heavy atom. The number of hydrogen-bond acceptors (Lipinski definition) is 5. The van der Waals surface area contributed by atoms with E-state index >= 15 is 0 Å². The minimum Gasteiger partial charge on any atom is -0.486 e. The van der Waals surface area contributed by atoms with Crippen LogP contribution in [-0.4, -0.2) is 29.9 Å². The molecule has 114 valence electrons. The van der Waals surface area contributed by atoms with Gasteiger partial charge in [0.15, 0.2) is 5.75 Å². The lowest BCUT2D eigenvalue weighted by Crippen LogP contribution is -2.23. The number of nitrogens with zero attached hydrogens (tertiary/aromatic N) is 1. The number of oxime groups is 1. The molecule has 0 radical (unpaired) electrons. The molecule has 1 heterocycles. The smallest absolute Gasteiger partial charge is 0.215 e. The summed E-state index contributed by atoms with van der Waals surface area (Å²) in [7, 11) is 0. The number of rotatable bonds is 5. The SMILES string of the molecule is CC(C)(C)OCCOc1c(/C(N)=N/O)oc2ccccc12. The van der Waals surface area contributed by atoms with E-state index in [9.17, 15) is 0 Å². The normalized spacial score (nSPS) is 12.8. The van der Waals surface area contributed by atoms with Crippen LogP contribution in [0, 0.1) is 0 Å². The first-order valence-corrected chi connectivity index (χ1v) is 6.68. The van der Waals surface area contributed by atoms with Gasteiger partial charge in [-0.3, -0.25) is 0 Å². The highest BCUT2D eigenvalue weighted by Crippen LogP contribution is 2.32. The predicted octanol–water partition coefficient (Wildman–Crippen LogP) is 2.72. The summed E-state index contributed by atoms with van der Waals surface area (Å²) in [6, 6.07) is 7.36. The van der Waals surface area contributed by atoms with E-state index in [2.05, 4.69) is 5.16 Å². The Balaban J connectivity index is 2.20. The fraction of sp³-hybridized carbons (Fsp3) is 0.400. The van der Waals surface area contributed by atoms with Crippen molar-refractivity contribution in [3.05, 3.63) is 30.0 Å². The molecule has 6 heteroatoms. The number of benzene rings is 1. The Labute approximate surface area is 123 Å². The Morgan fingerprint density at radius 3 is 2.67 bits per heavy atom. The Bertz CT molecular complexity index is 641. The second-order valence-corrected chi connectivity index (χ2v) is 5.55. The fourth-order valence-electron chi connectivity index (χ4n) is 1.87. The number of furan rings is 1. The average Bonchev–Trinajstić information content (AvgIpc) is 2.80. The van der Waals surface area contributed by atoms with Gasteiger partial charge in [0, 0.05) is 0 Å². The molecule has 0 aliphatic carbocycles. The highest BCUT2D eigenvalue weighted by Gasteiger charge is 2.19. The van der Waals surface area contributed by atoms with Gasteiger partial charge in [0.2, 0.25) is 11.6 Å². The van der Waals surface area contributed by atoms with Gasteiger partial charge in [-0.25, -0.2) is 0 Å². The number of para-hydroxylation sites is 1. The van der Waals surface area contributed by atoms with Crippen LogP contribution < -0.4 is 10.5 Å². The van der Waals surface area contributed by atoms with Crippen LogP contribution >= 0.6 is 0 Å². The van der Waals surface area contributed by atoms with Crippen LogP contribution in [-0.2, 0) is 4.74 Å². The number of ether oxygens (including phenoxy) is 2. The molecule has 2 rings (SSSR count). The lowest BCUT2D eigenvalue weighted by Gasteiger charge is -2.19. The van der Waals surface area contributed by atoms with E-state index in [0.29, 0.717) is 24.5 Å².